The summed E-state index contributed by atoms with van der Waals surface area (Å²) in [6.45, 7) is 0. The molecule has 6 heteroatoms. The molecule has 1 fully saturated rings. The summed E-state index contributed by atoms with van der Waals surface area (Å²) in [5, 5.41) is 11.9. The lowest BCUT2D eigenvalue weighted by molar-refractivity contribution is -0.138. The van der Waals surface area contributed by atoms with E-state index in [-0.39, 0.29) is 11.6 Å². The Hall–Kier alpha value is -2.11. The zero-order valence-corrected chi connectivity index (χ0v) is 9.09. The number of carbonyl (C=O) groups excluding carboxylic acids is 1. The Balaban J connectivity index is 2.14. The first-order valence-electron chi connectivity index (χ1n) is 5.33. The average molecular weight is 235 g/mol. The Morgan fingerprint density at radius 3 is 2.76 bits per heavy atom. The number of hydrogen-bond acceptors (Lipinski definition) is 4. The molecular formula is C11H13N3O3. The van der Waals surface area contributed by atoms with Gasteiger partial charge in [-0.2, -0.15) is 0 Å². The number of anilines is 1. The molecule has 0 bridgehead atoms. The van der Waals surface area contributed by atoms with Crippen LogP contribution in [0, 0.1) is 5.92 Å². The zero-order chi connectivity index (χ0) is 12.4. The summed E-state index contributed by atoms with van der Waals surface area (Å²) in [7, 11) is 0. The highest BCUT2D eigenvalue weighted by Crippen LogP contribution is 2.34. The van der Waals surface area contributed by atoms with E-state index in [0.29, 0.717) is 5.69 Å². The Kier molecular flexibility index (Phi) is 2.95. The number of carboxylic acid groups (broad SMARTS) is 1. The third kappa shape index (κ3) is 2.72. The zero-order valence-electron chi connectivity index (χ0n) is 9.09. The van der Waals surface area contributed by atoms with Crippen LogP contribution in [-0.4, -0.2) is 28.0 Å². The van der Waals surface area contributed by atoms with Crippen molar-refractivity contribution in [1.29, 1.82) is 0 Å². The molecule has 4 N–H and O–H groups in total. The molecule has 0 spiro atoms. The van der Waals surface area contributed by atoms with Crippen molar-refractivity contribution in [3.63, 3.8) is 0 Å². The first kappa shape index (κ1) is 11.4. The highest BCUT2D eigenvalue weighted by Gasteiger charge is 2.36. The molecule has 1 aliphatic rings. The van der Waals surface area contributed by atoms with Gasteiger partial charge in [0.2, 0.25) is 0 Å². The quantitative estimate of drug-likeness (QED) is 0.687. The molecule has 1 aromatic heterocycles. The second kappa shape index (κ2) is 4.40. The summed E-state index contributed by atoms with van der Waals surface area (Å²) in [6, 6.07) is 2.46. The molecule has 6 nitrogen and oxygen atoms in total. The van der Waals surface area contributed by atoms with Crippen molar-refractivity contribution in [3.8, 4) is 0 Å². The second-order valence-electron chi connectivity index (χ2n) is 4.09. The molecule has 1 saturated carbocycles. The molecule has 1 amide bonds. The van der Waals surface area contributed by atoms with Gasteiger partial charge in [-0.1, -0.05) is 0 Å². The van der Waals surface area contributed by atoms with Crippen LogP contribution in [0.25, 0.3) is 0 Å². The minimum Gasteiger partial charge on any atom is -0.480 e. The maximum Gasteiger partial charge on any atom is 0.326 e. The number of carboxylic acids is 1. The fourth-order valence-electron chi connectivity index (χ4n) is 1.65. The van der Waals surface area contributed by atoms with E-state index in [9.17, 15) is 9.59 Å². The van der Waals surface area contributed by atoms with Crippen LogP contribution >= 0.6 is 0 Å². The number of rotatable bonds is 5. The molecule has 1 aliphatic carbocycles. The number of nitrogens with zero attached hydrogens (tertiary/aromatic N) is 1. The average Bonchev–Trinajstić information content (AvgIpc) is 3.09. The number of nitrogens with two attached hydrogens (primary N) is 1. The van der Waals surface area contributed by atoms with Gasteiger partial charge in [-0.3, -0.25) is 9.78 Å². The van der Waals surface area contributed by atoms with E-state index in [2.05, 4.69) is 10.3 Å². The lowest BCUT2D eigenvalue weighted by Gasteiger charge is -2.14. The van der Waals surface area contributed by atoms with Crippen LogP contribution in [0.5, 0.6) is 0 Å². The minimum absolute atomic E-state index is 0.120. The van der Waals surface area contributed by atoms with E-state index < -0.39 is 17.9 Å². The van der Waals surface area contributed by atoms with E-state index in [4.69, 9.17) is 10.8 Å². The van der Waals surface area contributed by atoms with Crippen LogP contribution < -0.4 is 11.1 Å². The third-order valence-corrected chi connectivity index (χ3v) is 2.69. The smallest absolute Gasteiger partial charge is 0.326 e. The summed E-state index contributed by atoms with van der Waals surface area (Å²) in [5.74, 6) is -1.35. The van der Waals surface area contributed by atoms with E-state index in [0.717, 1.165) is 12.8 Å². The topological polar surface area (TPSA) is 105 Å². The highest BCUT2D eigenvalue weighted by atomic mass is 16.4. The summed E-state index contributed by atoms with van der Waals surface area (Å²) in [4.78, 5) is 25.8. The summed E-state index contributed by atoms with van der Waals surface area (Å²) >= 11 is 0. The number of hydrogen-bond donors (Lipinski definition) is 3. The molecule has 0 aromatic carbocycles. The Bertz CT molecular complexity index is 457. The van der Waals surface area contributed by atoms with Crippen LogP contribution in [-0.2, 0) is 4.79 Å². The number of amides is 1. The van der Waals surface area contributed by atoms with Crippen molar-refractivity contribution in [2.75, 3.05) is 5.32 Å². The van der Waals surface area contributed by atoms with Crippen molar-refractivity contribution in [1.82, 2.24) is 4.98 Å². The molecule has 2 rings (SSSR count). The molecule has 1 aromatic rings. The van der Waals surface area contributed by atoms with Gasteiger partial charge in [0.1, 0.15) is 11.7 Å². The summed E-state index contributed by atoms with van der Waals surface area (Å²) in [5.41, 5.74) is 5.77. The van der Waals surface area contributed by atoms with Crippen LogP contribution in [0.15, 0.2) is 18.3 Å². The van der Waals surface area contributed by atoms with Gasteiger partial charge in [-0.25, -0.2) is 4.79 Å². The van der Waals surface area contributed by atoms with Crippen LogP contribution in [0.4, 0.5) is 5.69 Å². The van der Waals surface area contributed by atoms with Gasteiger partial charge in [-0.15, -0.1) is 0 Å². The van der Waals surface area contributed by atoms with Gasteiger partial charge >= 0.3 is 5.97 Å². The van der Waals surface area contributed by atoms with Crippen molar-refractivity contribution in [2.45, 2.75) is 18.9 Å². The van der Waals surface area contributed by atoms with Gasteiger partial charge in [-0.05, 0) is 30.9 Å². The first-order valence-corrected chi connectivity index (χ1v) is 5.33. The van der Waals surface area contributed by atoms with Crippen LogP contribution in [0.1, 0.15) is 23.3 Å². The van der Waals surface area contributed by atoms with Crippen molar-refractivity contribution < 1.29 is 14.7 Å². The minimum atomic E-state index is -0.884. The number of aromatic nitrogens is 1. The van der Waals surface area contributed by atoms with Crippen molar-refractivity contribution in [3.05, 3.63) is 24.0 Å². The van der Waals surface area contributed by atoms with E-state index >= 15 is 0 Å². The number of pyridine rings is 1. The van der Waals surface area contributed by atoms with Crippen molar-refractivity contribution in [2.24, 2.45) is 11.7 Å². The van der Waals surface area contributed by atoms with Gasteiger partial charge in [0.15, 0.2) is 0 Å². The fourth-order valence-corrected chi connectivity index (χ4v) is 1.65. The largest absolute Gasteiger partial charge is 0.480 e. The Morgan fingerprint density at radius 2 is 2.24 bits per heavy atom. The predicted octanol–water partition coefficient (Wildman–Crippen LogP) is 0.456. The third-order valence-electron chi connectivity index (χ3n) is 2.69. The number of carbonyl (C=O) groups is 2. The Labute approximate surface area is 97.8 Å². The maximum atomic E-state index is 11.0. The van der Waals surface area contributed by atoms with Gasteiger partial charge in [0.05, 0.1) is 0 Å². The Morgan fingerprint density at radius 1 is 1.53 bits per heavy atom. The van der Waals surface area contributed by atoms with Crippen molar-refractivity contribution >= 4 is 17.6 Å². The molecule has 90 valence electrons. The van der Waals surface area contributed by atoms with Crippen LogP contribution in [0.3, 0.4) is 0 Å². The molecular weight excluding hydrogens is 222 g/mol. The summed E-state index contributed by atoms with van der Waals surface area (Å²) in [6.07, 6.45) is 3.25. The maximum absolute atomic E-state index is 11.0. The predicted molar refractivity (Wildman–Crippen MR) is 60.5 cm³/mol. The molecule has 0 saturated heterocycles. The first-order chi connectivity index (χ1) is 8.08. The fraction of sp³-hybridized carbons (Fsp3) is 0.364. The van der Waals surface area contributed by atoms with E-state index in [1.807, 2.05) is 0 Å². The number of nitrogens with one attached hydrogen (secondary N) is 1. The molecule has 0 aliphatic heterocycles. The SMILES string of the molecule is NC(=O)c1cc(NC(C(=O)O)C2CC2)ccn1. The van der Waals surface area contributed by atoms with E-state index in [1.54, 1.807) is 6.07 Å². The van der Waals surface area contributed by atoms with Gasteiger partial charge in [0, 0.05) is 11.9 Å². The second-order valence-corrected chi connectivity index (χ2v) is 4.09. The molecule has 0 radical (unpaired) electrons. The monoisotopic (exact) mass is 235 g/mol. The summed E-state index contributed by atoms with van der Waals surface area (Å²) < 4.78 is 0. The molecule has 1 heterocycles. The van der Waals surface area contributed by atoms with Gasteiger partial charge < -0.3 is 16.2 Å². The standard InChI is InChI=1S/C11H13N3O3/c12-10(15)8-5-7(3-4-13-8)14-9(11(16)17)6-1-2-6/h3-6,9H,1-2H2,(H2,12,15)(H,13,14)(H,16,17). The molecule has 17 heavy (non-hydrogen) atoms. The number of primary amides is 1. The lowest BCUT2D eigenvalue weighted by atomic mass is 10.1. The molecule has 1 unspecified atom stereocenters. The number of aliphatic carboxylic acids is 1. The van der Waals surface area contributed by atoms with E-state index in [1.165, 1.54) is 12.3 Å². The van der Waals surface area contributed by atoms with Crippen LogP contribution in [0.2, 0.25) is 0 Å². The molecule has 1 atom stereocenters. The lowest BCUT2D eigenvalue weighted by Crippen LogP contribution is -2.31. The highest BCUT2D eigenvalue weighted by molar-refractivity contribution is 5.91. The normalized spacial score (nSPS) is 16.2. The van der Waals surface area contributed by atoms with Gasteiger partial charge in [0.25, 0.3) is 5.91 Å².